The molecule has 0 aliphatic carbocycles. The summed E-state index contributed by atoms with van der Waals surface area (Å²) in [6, 6.07) is 1.98. The lowest BCUT2D eigenvalue weighted by Gasteiger charge is -2.43. The molecule has 2 aromatic heterocycles. The lowest BCUT2D eigenvalue weighted by molar-refractivity contribution is 0.0695. The molecule has 1 saturated heterocycles. The van der Waals surface area contributed by atoms with Crippen molar-refractivity contribution in [3.63, 3.8) is 0 Å². The van der Waals surface area contributed by atoms with E-state index in [2.05, 4.69) is 15.6 Å². The molecule has 3 heterocycles. The van der Waals surface area contributed by atoms with Crippen LogP contribution in [0.15, 0.2) is 23.1 Å². The van der Waals surface area contributed by atoms with Gasteiger partial charge < -0.3 is 20.6 Å². The molecule has 3 aromatic rings. The zero-order valence-corrected chi connectivity index (χ0v) is 19.0. The quantitative estimate of drug-likeness (QED) is 0.504. The Balaban J connectivity index is 2.00. The molecule has 0 radical (unpaired) electrons. The number of anilines is 2. The van der Waals surface area contributed by atoms with Crippen LogP contribution in [0.1, 0.15) is 29.8 Å². The number of nitrogens with one attached hydrogen (secondary N) is 2. The third-order valence-electron chi connectivity index (χ3n) is 5.82. The van der Waals surface area contributed by atoms with Gasteiger partial charge in [0.25, 0.3) is 0 Å². The van der Waals surface area contributed by atoms with Gasteiger partial charge >= 0.3 is 5.97 Å². The smallest absolute Gasteiger partial charge is 0.341 e. The highest BCUT2D eigenvalue weighted by atomic mass is 19.1. The molecule has 0 amide bonds. The molecule has 0 spiro atoms. The predicted octanol–water partition coefficient (Wildman–Crippen LogP) is 3.04. The number of aromatic carboxylic acids is 1. The largest absolute Gasteiger partial charge is 0.477 e. The number of carboxylic acids is 1. The van der Waals surface area contributed by atoms with E-state index in [1.54, 1.807) is 11.8 Å². The van der Waals surface area contributed by atoms with Crippen LogP contribution in [-0.4, -0.2) is 52.8 Å². The second-order valence-corrected chi connectivity index (χ2v) is 8.57. The van der Waals surface area contributed by atoms with Gasteiger partial charge in [0.15, 0.2) is 23.3 Å². The second kappa shape index (κ2) is 8.64. The van der Waals surface area contributed by atoms with Crippen LogP contribution in [0.5, 0.6) is 0 Å². The summed E-state index contributed by atoms with van der Waals surface area (Å²) in [7, 11) is 1.39. The number of nitrogens with zero attached hydrogens (tertiary/aromatic N) is 3. The Kier molecular flexibility index (Phi) is 5.98. The Morgan fingerprint density at radius 2 is 1.85 bits per heavy atom. The first-order valence-corrected chi connectivity index (χ1v) is 10.7. The van der Waals surface area contributed by atoms with Crippen molar-refractivity contribution in [3.05, 3.63) is 57.1 Å². The number of aromatic nitrogens is 2. The molecule has 4 rings (SSSR count). The van der Waals surface area contributed by atoms with Crippen LogP contribution in [0.2, 0.25) is 0 Å². The van der Waals surface area contributed by atoms with Gasteiger partial charge in [-0.1, -0.05) is 13.8 Å². The normalized spacial score (nSPS) is 14.1. The second-order valence-electron chi connectivity index (χ2n) is 8.57. The summed E-state index contributed by atoms with van der Waals surface area (Å²) in [5, 5.41) is 15.2. The highest BCUT2D eigenvalue weighted by Gasteiger charge is 2.32. The maximum absolute atomic E-state index is 15.2. The maximum atomic E-state index is 15.2. The molecule has 8 nitrogen and oxygen atoms in total. The summed E-state index contributed by atoms with van der Waals surface area (Å²) < 4.78 is 45.2. The molecule has 1 fully saturated rings. The van der Waals surface area contributed by atoms with Crippen LogP contribution in [0.3, 0.4) is 0 Å². The average molecular weight is 475 g/mol. The minimum Gasteiger partial charge on any atom is -0.477 e. The van der Waals surface area contributed by atoms with Gasteiger partial charge in [0.1, 0.15) is 11.4 Å². The molecule has 180 valence electrons. The Morgan fingerprint density at radius 3 is 2.44 bits per heavy atom. The minimum absolute atomic E-state index is 0.0896. The molecular formula is C23H24F3N5O3. The van der Waals surface area contributed by atoms with Gasteiger partial charge in [0, 0.05) is 50.0 Å². The highest BCUT2D eigenvalue weighted by molar-refractivity contribution is 5.96. The SMILES string of the molecule is CNc1nc(-n2cc(C(=O)O)c(=O)c3cc(F)c(N4CC(NC(C)C)C4)c(C)c32)c(F)cc1F. The summed E-state index contributed by atoms with van der Waals surface area (Å²) in [6.07, 6.45) is 0.934. The Hall–Kier alpha value is -3.60. The van der Waals surface area contributed by atoms with Gasteiger partial charge in [0.05, 0.1) is 16.6 Å². The predicted molar refractivity (Wildman–Crippen MR) is 123 cm³/mol. The van der Waals surface area contributed by atoms with Crippen LogP contribution < -0.4 is 21.0 Å². The number of hydrogen-bond acceptors (Lipinski definition) is 6. The van der Waals surface area contributed by atoms with Crippen molar-refractivity contribution < 1.29 is 23.1 Å². The van der Waals surface area contributed by atoms with E-state index in [1.807, 2.05) is 13.8 Å². The van der Waals surface area contributed by atoms with Crippen LogP contribution in [0.25, 0.3) is 16.7 Å². The first-order chi connectivity index (χ1) is 16.0. The number of aryl methyl sites for hydroxylation is 1. The molecule has 11 heteroatoms. The Bertz CT molecular complexity index is 1370. The van der Waals surface area contributed by atoms with Gasteiger partial charge in [-0.15, -0.1) is 0 Å². The standard InChI is InChI=1S/C23H24F3N5O3/c1-10(2)28-12-7-30(8-12)19-11(3)18-13(5-15(19)24)20(32)14(23(33)34)9-31(18)22-17(26)6-16(25)21(27-4)29-22/h5-6,9-10,12,28H,7-8H2,1-4H3,(H,27,29)(H,33,34). The molecule has 0 unspecified atom stereocenters. The molecule has 0 bridgehead atoms. The van der Waals surface area contributed by atoms with Gasteiger partial charge in [-0.2, -0.15) is 0 Å². The topological polar surface area (TPSA) is 99.5 Å². The van der Waals surface area contributed by atoms with Crippen LogP contribution in [0.4, 0.5) is 24.7 Å². The Morgan fingerprint density at radius 1 is 1.18 bits per heavy atom. The summed E-state index contributed by atoms with van der Waals surface area (Å²) in [4.78, 5) is 30.4. The van der Waals surface area contributed by atoms with E-state index in [1.165, 1.54) is 7.05 Å². The van der Waals surface area contributed by atoms with Crippen molar-refractivity contribution in [3.8, 4) is 5.82 Å². The molecule has 1 aliphatic heterocycles. The van der Waals surface area contributed by atoms with Crippen molar-refractivity contribution >= 4 is 28.4 Å². The summed E-state index contributed by atoms with van der Waals surface area (Å²) in [5.74, 6) is -4.98. The number of carboxylic acid groups (broad SMARTS) is 1. The number of rotatable bonds is 6. The van der Waals surface area contributed by atoms with E-state index >= 15 is 4.39 Å². The first kappa shape index (κ1) is 23.6. The Labute approximate surface area is 193 Å². The lowest BCUT2D eigenvalue weighted by atomic mass is 10.00. The van der Waals surface area contributed by atoms with Gasteiger partial charge in [-0.3, -0.25) is 9.36 Å². The van der Waals surface area contributed by atoms with E-state index < -0.39 is 40.2 Å². The molecule has 3 N–H and O–H groups in total. The summed E-state index contributed by atoms with van der Waals surface area (Å²) >= 11 is 0. The number of hydrogen-bond donors (Lipinski definition) is 3. The zero-order valence-electron chi connectivity index (χ0n) is 19.0. The van der Waals surface area contributed by atoms with Crippen LogP contribution in [0, 0.1) is 24.4 Å². The lowest BCUT2D eigenvalue weighted by Crippen LogP contribution is -2.60. The number of pyridine rings is 2. The van der Waals surface area contributed by atoms with Crippen molar-refractivity contribution in [1.82, 2.24) is 14.9 Å². The first-order valence-electron chi connectivity index (χ1n) is 10.7. The fourth-order valence-electron chi connectivity index (χ4n) is 4.38. The highest BCUT2D eigenvalue weighted by Crippen LogP contribution is 2.35. The molecule has 34 heavy (non-hydrogen) atoms. The van der Waals surface area contributed by atoms with Crippen molar-refractivity contribution in [2.75, 3.05) is 30.4 Å². The monoisotopic (exact) mass is 475 g/mol. The van der Waals surface area contributed by atoms with Crippen molar-refractivity contribution in [1.29, 1.82) is 0 Å². The number of fused-ring (bicyclic) bond motifs is 1. The van der Waals surface area contributed by atoms with Crippen molar-refractivity contribution in [2.24, 2.45) is 0 Å². The molecular weight excluding hydrogens is 451 g/mol. The summed E-state index contributed by atoms with van der Waals surface area (Å²) in [5.41, 5.74) is -0.982. The molecule has 1 aromatic carbocycles. The zero-order chi connectivity index (χ0) is 24.9. The number of halogens is 3. The van der Waals surface area contributed by atoms with Gasteiger partial charge in [0.2, 0.25) is 5.43 Å². The summed E-state index contributed by atoms with van der Waals surface area (Å²) in [6.45, 7) is 6.62. The fraction of sp³-hybridized carbons (Fsp3) is 0.348. The van der Waals surface area contributed by atoms with E-state index in [9.17, 15) is 23.5 Å². The van der Waals surface area contributed by atoms with Gasteiger partial charge in [-0.25, -0.2) is 22.9 Å². The van der Waals surface area contributed by atoms with Crippen molar-refractivity contribution in [2.45, 2.75) is 32.9 Å². The minimum atomic E-state index is -1.57. The third-order valence-corrected chi connectivity index (χ3v) is 5.82. The average Bonchev–Trinajstić information content (AvgIpc) is 2.72. The van der Waals surface area contributed by atoms with Crippen LogP contribution >= 0.6 is 0 Å². The number of carbonyl (C=O) groups is 1. The molecule has 1 aliphatic rings. The molecule has 0 saturated carbocycles. The number of benzene rings is 1. The maximum Gasteiger partial charge on any atom is 0.341 e. The fourth-order valence-corrected chi connectivity index (χ4v) is 4.38. The van der Waals surface area contributed by atoms with Gasteiger partial charge in [-0.05, 0) is 13.0 Å². The third kappa shape index (κ3) is 3.85. The van der Waals surface area contributed by atoms with E-state index in [-0.39, 0.29) is 34.5 Å². The van der Waals surface area contributed by atoms with E-state index in [4.69, 9.17) is 0 Å². The molecule has 0 atom stereocenters. The van der Waals surface area contributed by atoms with E-state index in [0.717, 1.165) is 16.8 Å². The van der Waals surface area contributed by atoms with Crippen LogP contribution in [-0.2, 0) is 0 Å². The van der Waals surface area contributed by atoms with E-state index in [0.29, 0.717) is 24.7 Å².